The number of hydrogen-bond acceptors (Lipinski definition) is 6. The molecule has 0 bridgehead atoms. The van der Waals surface area contributed by atoms with E-state index in [1.54, 1.807) is 54.7 Å². The summed E-state index contributed by atoms with van der Waals surface area (Å²) in [5.74, 6) is 0.177. The Balaban J connectivity index is 1.37. The van der Waals surface area contributed by atoms with Crippen LogP contribution in [0.5, 0.6) is 5.75 Å². The van der Waals surface area contributed by atoms with Gasteiger partial charge in [0.2, 0.25) is 21.8 Å². The van der Waals surface area contributed by atoms with Crippen molar-refractivity contribution in [3.63, 3.8) is 0 Å². The molecule has 0 aliphatic heterocycles. The number of carbonyl (C=O) groups is 2. The van der Waals surface area contributed by atoms with Crippen molar-refractivity contribution in [2.45, 2.75) is 55.8 Å². The molecule has 0 unspecified atom stereocenters. The molecule has 5 rings (SSSR count). The first-order valence-electron chi connectivity index (χ1n) is 14.6. The molecule has 2 amide bonds. The summed E-state index contributed by atoms with van der Waals surface area (Å²) in [7, 11) is -1.97. The van der Waals surface area contributed by atoms with Gasteiger partial charge >= 0.3 is 0 Å². The number of pyridine rings is 1. The van der Waals surface area contributed by atoms with E-state index in [9.17, 15) is 18.0 Å². The van der Waals surface area contributed by atoms with E-state index in [1.165, 1.54) is 0 Å². The van der Waals surface area contributed by atoms with Crippen molar-refractivity contribution < 1.29 is 22.7 Å². The molecule has 1 atom stereocenters. The second kappa shape index (κ2) is 14.3. The lowest BCUT2D eigenvalue weighted by Crippen LogP contribution is -2.43. The predicted octanol–water partition coefficient (Wildman–Crippen LogP) is 4.55. The number of methoxy groups -OCH3 is 1. The van der Waals surface area contributed by atoms with Crippen LogP contribution >= 0.6 is 0 Å². The topological polar surface area (TPSA) is 118 Å². The first-order valence-corrected chi connectivity index (χ1v) is 16.1. The molecule has 3 aromatic carbocycles. The number of carbonyl (C=O) groups excluding carboxylic acids is 2. The molecule has 1 aliphatic rings. The number of hydrogen-bond donors (Lipinski definition) is 2. The Kier molecular flexibility index (Phi) is 10.0. The van der Waals surface area contributed by atoms with Crippen LogP contribution in [0.25, 0.3) is 0 Å². The van der Waals surface area contributed by atoms with E-state index >= 15 is 0 Å². The maximum atomic E-state index is 14.0. The van der Waals surface area contributed by atoms with Crippen molar-refractivity contribution in [2.24, 2.45) is 0 Å². The van der Waals surface area contributed by atoms with Gasteiger partial charge in [-0.2, -0.15) is 0 Å². The summed E-state index contributed by atoms with van der Waals surface area (Å²) in [6.07, 6.45) is 5.59. The lowest BCUT2D eigenvalue weighted by Gasteiger charge is -2.32. The Morgan fingerprint density at radius 1 is 0.909 bits per heavy atom. The maximum absolute atomic E-state index is 14.0. The second-order valence-electron chi connectivity index (χ2n) is 10.8. The molecule has 1 aromatic heterocycles. The van der Waals surface area contributed by atoms with Crippen molar-refractivity contribution in [1.29, 1.82) is 0 Å². The summed E-state index contributed by atoms with van der Waals surface area (Å²) >= 11 is 0. The highest BCUT2D eigenvalue weighted by atomic mass is 32.2. The molecule has 1 heterocycles. The van der Waals surface area contributed by atoms with Crippen LogP contribution in [0.1, 0.15) is 47.6 Å². The van der Waals surface area contributed by atoms with E-state index in [0.29, 0.717) is 17.7 Å². The fourth-order valence-electron chi connectivity index (χ4n) is 4.87. The zero-order valence-corrected chi connectivity index (χ0v) is 25.4. The summed E-state index contributed by atoms with van der Waals surface area (Å²) in [6.45, 7) is 0.470. The van der Waals surface area contributed by atoms with Crippen molar-refractivity contribution >= 4 is 21.8 Å². The Morgan fingerprint density at radius 3 is 2.25 bits per heavy atom. The fourth-order valence-corrected chi connectivity index (χ4v) is 6.17. The SMILES string of the molecule is COc1ccc(CN(C(=O)CCc2ccc(S(=O)(=O)NC3CC3)cc2)[C@@H](C(=O)NCc2cccnc2)c2ccccc2)cc1. The molecule has 0 radical (unpaired) electrons. The van der Waals surface area contributed by atoms with Gasteiger partial charge in [-0.1, -0.05) is 60.7 Å². The van der Waals surface area contributed by atoms with Gasteiger partial charge in [-0.3, -0.25) is 14.6 Å². The highest BCUT2D eigenvalue weighted by molar-refractivity contribution is 7.89. The Labute approximate surface area is 258 Å². The van der Waals surface area contributed by atoms with Gasteiger partial charge in [-0.25, -0.2) is 13.1 Å². The summed E-state index contributed by atoms with van der Waals surface area (Å²) in [5, 5.41) is 2.99. The Morgan fingerprint density at radius 2 is 1.61 bits per heavy atom. The molecule has 1 saturated carbocycles. The fraction of sp³-hybridized carbons (Fsp3) is 0.265. The van der Waals surface area contributed by atoms with Gasteiger partial charge in [0.15, 0.2) is 0 Å². The number of ether oxygens (including phenoxy) is 1. The monoisotopic (exact) mass is 612 g/mol. The van der Waals surface area contributed by atoms with Crippen LogP contribution in [0.4, 0.5) is 0 Å². The average molecular weight is 613 g/mol. The van der Waals surface area contributed by atoms with E-state index < -0.39 is 16.1 Å². The molecule has 44 heavy (non-hydrogen) atoms. The van der Waals surface area contributed by atoms with Gasteiger partial charge in [0.1, 0.15) is 11.8 Å². The standard InChI is InChI=1S/C34H36N4O5S/c1-43-30-16-9-26(10-17-30)24-38(32(39)20-13-25-11-18-31(19-12-25)44(41,42)37-29-14-15-29)33(28-7-3-2-4-8-28)34(40)36-23-27-6-5-21-35-22-27/h2-12,16-19,21-22,29,33,37H,13-15,20,23-24H2,1H3,(H,36,40)/t33-/m1/s1. The molecule has 10 heteroatoms. The van der Waals surface area contributed by atoms with Gasteiger partial charge in [0, 0.05) is 37.9 Å². The zero-order valence-electron chi connectivity index (χ0n) is 24.6. The lowest BCUT2D eigenvalue weighted by molar-refractivity contribution is -0.141. The summed E-state index contributed by atoms with van der Waals surface area (Å²) in [6, 6.07) is 26.1. The summed E-state index contributed by atoms with van der Waals surface area (Å²) in [5.41, 5.74) is 3.21. The molecule has 4 aromatic rings. The predicted molar refractivity (Wildman–Crippen MR) is 167 cm³/mol. The molecular weight excluding hydrogens is 576 g/mol. The third-order valence-electron chi connectivity index (χ3n) is 7.46. The van der Waals surface area contributed by atoms with Crippen LogP contribution in [-0.2, 0) is 39.1 Å². The second-order valence-corrected chi connectivity index (χ2v) is 12.5. The molecular formula is C34H36N4O5S. The largest absolute Gasteiger partial charge is 0.497 e. The third-order valence-corrected chi connectivity index (χ3v) is 8.99. The Hall–Kier alpha value is -4.54. The first kappa shape index (κ1) is 30.9. The Bertz CT molecular complexity index is 1640. The number of nitrogens with zero attached hydrogens (tertiary/aromatic N) is 2. The number of sulfonamides is 1. The smallest absolute Gasteiger partial charge is 0.247 e. The minimum Gasteiger partial charge on any atom is -0.497 e. The number of aryl methyl sites for hydroxylation is 1. The van der Waals surface area contributed by atoms with Crippen LogP contribution in [0, 0.1) is 0 Å². The van der Waals surface area contributed by atoms with Crippen LogP contribution in [0.3, 0.4) is 0 Å². The van der Waals surface area contributed by atoms with Gasteiger partial charge in [-0.05, 0) is 71.8 Å². The molecule has 0 saturated heterocycles. The summed E-state index contributed by atoms with van der Waals surface area (Å²) in [4.78, 5) is 33.8. The highest BCUT2D eigenvalue weighted by Gasteiger charge is 2.32. The van der Waals surface area contributed by atoms with Gasteiger partial charge < -0.3 is 15.0 Å². The van der Waals surface area contributed by atoms with E-state index in [2.05, 4.69) is 15.0 Å². The van der Waals surface area contributed by atoms with Gasteiger partial charge in [0.05, 0.1) is 12.0 Å². The minimum absolute atomic E-state index is 0.0214. The number of aromatic nitrogens is 1. The van der Waals surface area contributed by atoms with E-state index in [0.717, 1.165) is 29.5 Å². The van der Waals surface area contributed by atoms with Crippen molar-refractivity contribution in [3.05, 3.63) is 126 Å². The molecule has 1 fully saturated rings. The van der Waals surface area contributed by atoms with Gasteiger partial charge in [0.25, 0.3) is 0 Å². The highest BCUT2D eigenvalue weighted by Crippen LogP contribution is 2.27. The molecule has 1 aliphatic carbocycles. The molecule has 228 valence electrons. The number of benzene rings is 3. The van der Waals surface area contributed by atoms with Crippen LogP contribution in [-0.4, -0.2) is 43.3 Å². The van der Waals surface area contributed by atoms with Crippen molar-refractivity contribution in [3.8, 4) is 5.75 Å². The quantitative estimate of drug-likeness (QED) is 0.216. The normalized spacial score (nSPS) is 13.6. The minimum atomic E-state index is -3.56. The first-order chi connectivity index (χ1) is 21.3. The lowest BCUT2D eigenvalue weighted by atomic mass is 10.0. The number of amides is 2. The average Bonchev–Trinajstić information content (AvgIpc) is 3.87. The van der Waals surface area contributed by atoms with Crippen LogP contribution < -0.4 is 14.8 Å². The maximum Gasteiger partial charge on any atom is 0.247 e. The van der Waals surface area contributed by atoms with E-state index in [-0.39, 0.29) is 42.3 Å². The number of rotatable bonds is 14. The van der Waals surface area contributed by atoms with Crippen LogP contribution in [0.2, 0.25) is 0 Å². The molecule has 9 nitrogen and oxygen atoms in total. The van der Waals surface area contributed by atoms with E-state index in [4.69, 9.17) is 4.74 Å². The number of nitrogens with one attached hydrogen (secondary N) is 2. The van der Waals surface area contributed by atoms with Crippen LogP contribution in [0.15, 0.2) is 108 Å². The molecule has 0 spiro atoms. The zero-order chi connectivity index (χ0) is 30.9. The van der Waals surface area contributed by atoms with Gasteiger partial charge in [-0.15, -0.1) is 0 Å². The van der Waals surface area contributed by atoms with E-state index in [1.807, 2.05) is 60.7 Å². The summed E-state index contributed by atoms with van der Waals surface area (Å²) < 4.78 is 33.1. The van der Waals surface area contributed by atoms with Crippen molar-refractivity contribution in [2.75, 3.05) is 7.11 Å². The third kappa shape index (κ3) is 8.30. The molecule has 2 N–H and O–H groups in total. The van der Waals surface area contributed by atoms with Crippen molar-refractivity contribution in [1.82, 2.24) is 19.9 Å².